The maximum absolute atomic E-state index is 11.3. The molecule has 1 aromatic carbocycles. The first-order chi connectivity index (χ1) is 7.08. The van der Waals surface area contributed by atoms with Crippen molar-refractivity contribution in [1.29, 1.82) is 0 Å². The molecule has 1 atom stereocenters. The fraction of sp³-hybridized carbons (Fsp3) is 0.417. The van der Waals surface area contributed by atoms with Gasteiger partial charge in [0.1, 0.15) is 5.75 Å². The molecule has 0 bridgehead atoms. The number of fused-ring (bicyclic) bond motifs is 1. The van der Waals surface area contributed by atoms with Gasteiger partial charge in [0.15, 0.2) is 0 Å². The molecule has 0 saturated heterocycles. The van der Waals surface area contributed by atoms with Crippen molar-refractivity contribution < 1.29 is 9.53 Å². The fourth-order valence-electron chi connectivity index (χ4n) is 1.82. The van der Waals surface area contributed by atoms with Gasteiger partial charge in [0.2, 0.25) is 0 Å². The van der Waals surface area contributed by atoms with E-state index in [1.807, 2.05) is 31.1 Å². The molecule has 3 heteroatoms. The Hall–Kier alpha value is -1.51. The minimum atomic E-state index is -0.133. The van der Waals surface area contributed by atoms with E-state index in [0.717, 1.165) is 11.3 Å². The topological polar surface area (TPSA) is 29.5 Å². The van der Waals surface area contributed by atoms with E-state index in [-0.39, 0.29) is 11.9 Å². The minimum absolute atomic E-state index is 0.133. The van der Waals surface area contributed by atoms with Crippen LogP contribution in [0.15, 0.2) is 18.2 Å². The highest BCUT2D eigenvalue weighted by atomic mass is 16.5. The summed E-state index contributed by atoms with van der Waals surface area (Å²) in [5, 5.41) is 0. The van der Waals surface area contributed by atoms with Crippen molar-refractivity contribution in [3.05, 3.63) is 23.8 Å². The molecule has 0 aromatic heterocycles. The van der Waals surface area contributed by atoms with Crippen LogP contribution in [0.2, 0.25) is 0 Å². The van der Waals surface area contributed by atoms with Gasteiger partial charge in [-0.3, -0.25) is 4.79 Å². The Morgan fingerprint density at radius 1 is 1.40 bits per heavy atom. The number of rotatable bonds is 1. The average molecular weight is 207 g/mol. The molecular formula is C12H15NO2. The van der Waals surface area contributed by atoms with Crippen molar-refractivity contribution in [3.8, 4) is 5.75 Å². The zero-order valence-electron chi connectivity index (χ0n) is 9.28. The van der Waals surface area contributed by atoms with Gasteiger partial charge in [-0.25, -0.2) is 0 Å². The average Bonchev–Trinajstić information content (AvgIpc) is 2.16. The molecule has 0 radical (unpaired) electrons. The molecule has 1 heterocycles. The molecule has 1 aliphatic rings. The summed E-state index contributed by atoms with van der Waals surface area (Å²) in [6, 6.07) is 6.01. The van der Waals surface area contributed by atoms with Gasteiger partial charge in [-0.1, -0.05) is 13.0 Å². The Morgan fingerprint density at radius 3 is 2.80 bits per heavy atom. The lowest BCUT2D eigenvalue weighted by Gasteiger charge is -2.23. The molecule has 0 fully saturated rings. The second-order valence-corrected chi connectivity index (χ2v) is 4.20. The smallest absolute Gasteiger partial charge is 0.311 e. The van der Waals surface area contributed by atoms with Gasteiger partial charge in [0, 0.05) is 25.8 Å². The molecule has 0 aliphatic carbocycles. The van der Waals surface area contributed by atoms with Crippen LogP contribution in [0.3, 0.4) is 0 Å². The van der Waals surface area contributed by atoms with E-state index in [1.54, 1.807) is 0 Å². The summed E-state index contributed by atoms with van der Waals surface area (Å²) < 4.78 is 5.23. The highest BCUT2D eigenvalue weighted by molar-refractivity contribution is 5.77. The first-order valence-corrected chi connectivity index (χ1v) is 5.10. The molecule has 1 aliphatic heterocycles. The van der Waals surface area contributed by atoms with Crippen LogP contribution in [0.4, 0.5) is 5.69 Å². The van der Waals surface area contributed by atoms with Crippen molar-refractivity contribution in [3.63, 3.8) is 0 Å². The molecule has 3 nitrogen and oxygen atoms in total. The number of esters is 1. The Balaban J connectivity index is 2.43. The van der Waals surface area contributed by atoms with Crippen molar-refractivity contribution in [2.45, 2.75) is 19.3 Å². The number of carbonyl (C=O) groups is 1. The minimum Gasteiger partial charge on any atom is -0.426 e. The monoisotopic (exact) mass is 207 g/mol. The Bertz CT molecular complexity index is 399. The lowest BCUT2D eigenvalue weighted by Crippen LogP contribution is -2.19. The zero-order chi connectivity index (χ0) is 11.0. The number of anilines is 1. The predicted octanol–water partition coefficient (Wildman–Crippen LogP) is 2.17. The zero-order valence-corrected chi connectivity index (χ0v) is 9.28. The van der Waals surface area contributed by atoms with Gasteiger partial charge in [-0.15, -0.1) is 0 Å². The largest absolute Gasteiger partial charge is 0.426 e. The molecule has 0 saturated carbocycles. The lowest BCUT2D eigenvalue weighted by molar-refractivity contribution is -0.135. The Labute approximate surface area is 89.7 Å². The van der Waals surface area contributed by atoms with Crippen LogP contribution >= 0.6 is 0 Å². The molecule has 1 unspecified atom stereocenters. The molecular weight excluding hydrogens is 192 g/mol. The number of hydrogen-bond donors (Lipinski definition) is 0. The maximum atomic E-state index is 11.3. The SMILES string of the molecule is CN(C)c1ccc2c(c1)OC(=O)C[13CH]2[13CH3]. The van der Waals surface area contributed by atoms with Crippen molar-refractivity contribution in [2.75, 3.05) is 19.0 Å². The summed E-state index contributed by atoms with van der Waals surface area (Å²) >= 11 is 0. The standard InChI is InChI=1S/C12H15NO2/c1-8-6-12(14)15-11-7-9(13(2)3)4-5-10(8)11/h4-5,7-8H,6H2,1-3H3/i1+1,8+1. The number of hydrogen-bond acceptors (Lipinski definition) is 3. The third kappa shape index (κ3) is 1.82. The van der Waals surface area contributed by atoms with Crippen molar-refractivity contribution in [2.24, 2.45) is 0 Å². The second-order valence-electron chi connectivity index (χ2n) is 4.20. The second kappa shape index (κ2) is 3.57. The quantitative estimate of drug-likeness (QED) is 0.401. The molecule has 0 spiro atoms. The van der Waals surface area contributed by atoms with Crippen LogP contribution in [-0.4, -0.2) is 20.1 Å². The fourth-order valence-corrected chi connectivity index (χ4v) is 1.82. The first kappa shape index (κ1) is 10.0. The van der Waals surface area contributed by atoms with Crippen molar-refractivity contribution in [1.82, 2.24) is 0 Å². The summed E-state index contributed by atoms with van der Waals surface area (Å²) in [6.07, 6.45) is 0.480. The van der Waals surface area contributed by atoms with Crippen molar-refractivity contribution >= 4 is 11.7 Å². The van der Waals surface area contributed by atoms with Gasteiger partial charge in [0.25, 0.3) is 0 Å². The van der Waals surface area contributed by atoms with E-state index in [1.165, 1.54) is 0 Å². The summed E-state index contributed by atoms with van der Waals surface area (Å²) in [4.78, 5) is 13.3. The van der Waals surface area contributed by atoms with Gasteiger partial charge < -0.3 is 9.64 Å². The van der Waals surface area contributed by atoms with Crippen LogP contribution in [0.1, 0.15) is 24.8 Å². The molecule has 80 valence electrons. The number of ether oxygens (including phenoxy) is 1. The molecule has 0 N–H and O–H groups in total. The van der Waals surface area contributed by atoms with Crippen LogP contribution < -0.4 is 9.64 Å². The number of benzene rings is 1. The Morgan fingerprint density at radius 2 is 2.13 bits per heavy atom. The molecule has 0 amide bonds. The summed E-state index contributed by atoms with van der Waals surface area (Å²) in [7, 11) is 3.94. The van der Waals surface area contributed by atoms with Gasteiger partial charge in [0.05, 0.1) is 6.42 Å². The van der Waals surface area contributed by atoms with Gasteiger partial charge in [-0.2, -0.15) is 0 Å². The predicted molar refractivity (Wildman–Crippen MR) is 59.4 cm³/mol. The van der Waals surface area contributed by atoms with Crippen LogP contribution in [0.5, 0.6) is 5.75 Å². The lowest BCUT2D eigenvalue weighted by atomic mass is 10.1. The molecule has 1 aromatic rings. The highest BCUT2D eigenvalue weighted by Gasteiger charge is 2.23. The van der Waals surface area contributed by atoms with Crippen LogP contribution in [-0.2, 0) is 4.79 Å². The summed E-state index contributed by atoms with van der Waals surface area (Å²) in [5.41, 5.74) is 2.18. The van der Waals surface area contributed by atoms with E-state index in [4.69, 9.17) is 4.74 Å². The van der Waals surface area contributed by atoms with E-state index in [9.17, 15) is 4.79 Å². The summed E-state index contributed by atoms with van der Waals surface area (Å²) in [6.45, 7) is 2.05. The molecule has 15 heavy (non-hydrogen) atoms. The van der Waals surface area contributed by atoms with E-state index in [0.29, 0.717) is 12.2 Å². The molecule has 2 rings (SSSR count). The maximum Gasteiger partial charge on any atom is 0.311 e. The van der Waals surface area contributed by atoms with Gasteiger partial charge >= 0.3 is 5.97 Å². The van der Waals surface area contributed by atoms with Crippen LogP contribution in [0, 0.1) is 0 Å². The Kier molecular flexibility index (Phi) is 2.39. The number of carbonyl (C=O) groups excluding carboxylic acids is 1. The van der Waals surface area contributed by atoms with E-state index < -0.39 is 0 Å². The third-order valence-electron chi connectivity index (χ3n) is 2.74. The number of nitrogens with zero attached hydrogens (tertiary/aromatic N) is 1. The third-order valence-corrected chi connectivity index (χ3v) is 2.74. The van der Waals surface area contributed by atoms with Crippen LogP contribution in [0.25, 0.3) is 0 Å². The normalized spacial score (nSPS) is 19.4. The van der Waals surface area contributed by atoms with Gasteiger partial charge in [-0.05, 0) is 17.5 Å². The first-order valence-electron chi connectivity index (χ1n) is 5.10. The summed E-state index contributed by atoms with van der Waals surface area (Å²) in [5.74, 6) is 0.841. The van der Waals surface area contributed by atoms with E-state index in [2.05, 4.69) is 13.0 Å². The van der Waals surface area contributed by atoms with E-state index >= 15 is 0 Å². The highest BCUT2D eigenvalue weighted by Crippen LogP contribution is 2.36.